The minimum absolute atomic E-state index is 0.132. The molecule has 1 saturated heterocycles. The maximum Gasteiger partial charge on any atom is 0.236 e. The largest absolute Gasteiger partial charge is 0.372 e. The Morgan fingerprint density at radius 2 is 2.00 bits per heavy atom. The van der Waals surface area contributed by atoms with Crippen molar-refractivity contribution in [3.8, 4) is 0 Å². The predicted molar refractivity (Wildman–Crippen MR) is 63.1 cm³/mol. The Kier molecular flexibility index (Phi) is 5.18. The summed E-state index contributed by atoms with van der Waals surface area (Å²) in [5, 5.41) is 0. The first-order valence-electron chi connectivity index (χ1n) is 5.84. The summed E-state index contributed by atoms with van der Waals surface area (Å²) in [4.78, 5) is 15.8. The minimum Gasteiger partial charge on any atom is -0.372 e. The first-order valence-corrected chi connectivity index (χ1v) is 5.84. The molecule has 94 valence electrons. The van der Waals surface area contributed by atoms with Crippen LogP contribution in [0.4, 0.5) is 0 Å². The molecule has 1 amide bonds. The fraction of sp³-hybridized carbons (Fsp3) is 0.909. The SMILES string of the molecule is CC1CN(C(=O)CN(C)CCN)CC(C)O1. The summed E-state index contributed by atoms with van der Waals surface area (Å²) in [6.07, 6.45) is 0.264. The molecule has 5 nitrogen and oxygen atoms in total. The number of rotatable bonds is 4. The van der Waals surface area contributed by atoms with Gasteiger partial charge in [0.05, 0.1) is 18.8 Å². The number of nitrogens with two attached hydrogens (primary N) is 1. The van der Waals surface area contributed by atoms with Crippen LogP contribution >= 0.6 is 0 Å². The monoisotopic (exact) mass is 229 g/mol. The molecule has 0 aromatic carbocycles. The normalized spacial score (nSPS) is 26.2. The van der Waals surface area contributed by atoms with E-state index in [1.54, 1.807) is 0 Å². The molecular weight excluding hydrogens is 206 g/mol. The van der Waals surface area contributed by atoms with Gasteiger partial charge in [-0.25, -0.2) is 0 Å². The summed E-state index contributed by atoms with van der Waals surface area (Å²) in [6, 6.07) is 0. The van der Waals surface area contributed by atoms with E-state index in [1.165, 1.54) is 0 Å². The maximum atomic E-state index is 12.0. The quantitative estimate of drug-likeness (QED) is 0.707. The second-order valence-electron chi connectivity index (χ2n) is 4.58. The number of likely N-dealkylation sites (N-methyl/N-ethyl adjacent to an activating group) is 1. The van der Waals surface area contributed by atoms with Gasteiger partial charge in [0.2, 0.25) is 5.91 Å². The van der Waals surface area contributed by atoms with Crippen molar-refractivity contribution in [3.05, 3.63) is 0 Å². The van der Waals surface area contributed by atoms with Crippen molar-refractivity contribution in [1.82, 2.24) is 9.80 Å². The minimum atomic E-state index is 0.132. The van der Waals surface area contributed by atoms with Crippen molar-refractivity contribution in [2.45, 2.75) is 26.1 Å². The molecular formula is C11H23N3O2. The van der Waals surface area contributed by atoms with Crippen LogP contribution in [0.3, 0.4) is 0 Å². The summed E-state index contributed by atoms with van der Waals surface area (Å²) in [5.41, 5.74) is 5.44. The fourth-order valence-electron chi connectivity index (χ4n) is 2.01. The highest BCUT2D eigenvalue weighted by molar-refractivity contribution is 5.78. The first kappa shape index (κ1) is 13.4. The Labute approximate surface area is 97.5 Å². The molecule has 1 rings (SSSR count). The molecule has 2 N–H and O–H groups in total. The van der Waals surface area contributed by atoms with Crippen LogP contribution in [0, 0.1) is 0 Å². The fourth-order valence-corrected chi connectivity index (χ4v) is 2.01. The zero-order valence-corrected chi connectivity index (χ0v) is 10.5. The smallest absolute Gasteiger partial charge is 0.236 e. The molecule has 0 radical (unpaired) electrons. The van der Waals surface area contributed by atoms with Crippen molar-refractivity contribution in [1.29, 1.82) is 0 Å². The van der Waals surface area contributed by atoms with Crippen molar-refractivity contribution in [2.24, 2.45) is 5.73 Å². The lowest BCUT2D eigenvalue weighted by molar-refractivity contribution is -0.144. The van der Waals surface area contributed by atoms with Gasteiger partial charge in [-0.3, -0.25) is 9.69 Å². The molecule has 5 heteroatoms. The van der Waals surface area contributed by atoms with Gasteiger partial charge in [0.1, 0.15) is 0 Å². The van der Waals surface area contributed by atoms with E-state index in [0.29, 0.717) is 26.2 Å². The van der Waals surface area contributed by atoms with Crippen molar-refractivity contribution in [2.75, 3.05) is 39.8 Å². The lowest BCUT2D eigenvalue weighted by atomic mass is 10.2. The standard InChI is InChI=1S/C11H23N3O2/c1-9-6-14(7-10(2)16-9)11(15)8-13(3)5-4-12/h9-10H,4-8,12H2,1-3H3. The molecule has 0 aliphatic carbocycles. The van der Waals surface area contributed by atoms with Gasteiger partial charge in [0.15, 0.2) is 0 Å². The van der Waals surface area contributed by atoms with Crippen molar-refractivity contribution >= 4 is 5.91 Å². The molecule has 1 heterocycles. The predicted octanol–water partition coefficient (Wildman–Crippen LogP) is -0.487. The lowest BCUT2D eigenvalue weighted by Gasteiger charge is -2.36. The zero-order valence-electron chi connectivity index (χ0n) is 10.5. The second kappa shape index (κ2) is 6.18. The third-order valence-corrected chi connectivity index (χ3v) is 2.69. The number of hydrogen-bond donors (Lipinski definition) is 1. The van der Waals surface area contributed by atoms with Crippen molar-refractivity contribution in [3.63, 3.8) is 0 Å². The van der Waals surface area contributed by atoms with Crippen LogP contribution in [0.25, 0.3) is 0 Å². The Morgan fingerprint density at radius 3 is 2.50 bits per heavy atom. The first-order chi connectivity index (χ1) is 7.52. The van der Waals surface area contributed by atoms with E-state index in [4.69, 9.17) is 10.5 Å². The number of hydrogen-bond acceptors (Lipinski definition) is 4. The number of nitrogens with zero attached hydrogens (tertiary/aromatic N) is 2. The van der Waals surface area contributed by atoms with Crippen LogP contribution in [0.5, 0.6) is 0 Å². The van der Waals surface area contributed by atoms with E-state index >= 15 is 0 Å². The van der Waals surface area contributed by atoms with E-state index in [1.807, 2.05) is 30.7 Å². The van der Waals surface area contributed by atoms with E-state index in [-0.39, 0.29) is 18.1 Å². The number of amides is 1. The average molecular weight is 229 g/mol. The van der Waals surface area contributed by atoms with Crippen LogP contribution < -0.4 is 5.73 Å². The molecule has 1 fully saturated rings. The topological polar surface area (TPSA) is 58.8 Å². The third-order valence-electron chi connectivity index (χ3n) is 2.69. The molecule has 0 aromatic rings. The number of ether oxygens (including phenoxy) is 1. The van der Waals surface area contributed by atoms with Crippen LogP contribution in [0.2, 0.25) is 0 Å². The number of carbonyl (C=O) groups is 1. The molecule has 0 saturated carbocycles. The summed E-state index contributed by atoms with van der Waals surface area (Å²) >= 11 is 0. The Balaban J connectivity index is 2.40. The van der Waals surface area contributed by atoms with Gasteiger partial charge in [-0.05, 0) is 20.9 Å². The number of morpholine rings is 1. The third kappa shape index (κ3) is 4.08. The Morgan fingerprint density at radius 1 is 1.44 bits per heavy atom. The molecule has 16 heavy (non-hydrogen) atoms. The Hall–Kier alpha value is -0.650. The summed E-state index contributed by atoms with van der Waals surface area (Å²) < 4.78 is 5.59. The van der Waals surface area contributed by atoms with Crippen LogP contribution in [0.15, 0.2) is 0 Å². The van der Waals surface area contributed by atoms with E-state index in [2.05, 4.69) is 0 Å². The van der Waals surface area contributed by atoms with E-state index in [9.17, 15) is 4.79 Å². The van der Waals surface area contributed by atoms with Gasteiger partial charge < -0.3 is 15.4 Å². The van der Waals surface area contributed by atoms with Crippen LogP contribution in [-0.2, 0) is 9.53 Å². The van der Waals surface area contributed by atoms with Crippen molar-refractivity contribution < 1.29 is 9.53 Å². The molecule has 1 aliphatic heterocycles. The summed E-state index contributed by atoms with van der Waals surface area (Å²) in [7, 11) is 1.91. The van der Waals surface area contributed by atoms with Gasteiger partial charge in [-0.2, -0.15) is 0 Å². The molecule has 2 atom stereocenters. The number of carbonyl (C=O) groups excluding carboxylic acids is 1. The van der Waals surface area contributed by atoms with Crippen LogP contribution in [-0.4, -0.2) is 67.7 Å². The summed E-state index contributed by atoms with van der Waals surface area (Å²) in [5.74, 6) is 0.165. The molecule has 1 aliphatic rings. The average Bonchev–Trinajstić information content (AvgIpc) is 2.16. The molecule has 0 bridgehead atoms. The highest BCUT2D eigenvalue weighted by Gasteiger charge is 2.25. The van der Waals surface area contributed by atoms with Crippen LogP contribution in [0.1, 0.15) is 13.8 Å². The zero-order chi connectivity index (χ0) is 12.1. The lowest BCUT2D eigenvalue weighted by Crippen LogP contribution is -2.51. The molecule has 0 spiro atoms. The summed E-state index contributed by atoms with van der Waals surface area (Å²) in [6.45, 7) is 7.16. The second-order valence-corrected chi connectivity index (χ2v) is 4.58. The van der Waals surface area contributed by atoms with Gasteiger partial charge in [0.25, 0.3) is 0 Å². The Bertz CT molecular complexity index is 225. The molecule has 0 aromatic heterocycles. The van der Waals surface area contributed by atoms with Gasteiger partial charge in [-0.15, -0.1) is 0 Å². The maximum absolute atomic E-state index is 12.0. The van der Waals surface area contributed by atoms with Gasteiger partial charge in [0, 0.05) is 26.2 Å². The van der Waals surface area contributed by atoms with Gasteiger partial charge in [-0.1, -0.05) is 0 Å². The highest BCUT2D eigenvalue weighted by Crippen LogP contribution is 2.10. The van der Waals surface area contributed by atoms with Gasteiger partial charge >= 0.3 is 0 Å². The van der Waals surface area contributed by atoms with E-state index in [0.717, 1.165) is 6.54 Å². The van der Waals surface area contributed by atoms with E-state index < -0.39 is 0 Å². The highest BCUT2D eigenvalue weighted by atomic mass is 16.5. The molecule has 2 unspecified atom stereocenters.